The lowest BCUT2D eigenvalue weighted by molar-refractivity contribution is 0.150. The molecule has 1 aliphatic rings. The highest BCUT2D eigenvalue weighted by molar-refractivity contribution is 6.74. The van der Waals surface area contributed by atoms with E-state index in [4.69, 9.17) is 10.2 Å². The second kappa shape index (κ2) is 8.15. The lowest BCUT2D eigenvalue weighted by Gasteiger charge is -2.39. The van der Waals surface area contributed by atoms with Gasteiger partial charge in [0.25, 0.3) is 0 Å². The molecule has 28 heavy (non-hydrogen) atoms. The first kappa shape index (κ1) is 21.3. The maximum atomic E-state index is 6.84. The van der Waals surface area contributed by atoms with Crippen LogP contribution in [0.25, 0.3) is 11.0 Å². The zero-order valence-electron chi connectivity index (χ0n) is 18.6. The van der Waals surface area contributed by atoms with Gasteiger partial charge < -0.3 is 14.7 Å². The smallest absolute Gasteiger partial charge is 0.192 e. The molecule has 1 aliphatic carbocycles. The zero-order chi connectivity index (χ0) is 20.5. The quantitative estimate of drug-likeness (QED) is 0.623. The maximum absolute atomic E-state index is 6.84. The van der Waals surface area contributed by atoms with Gasteiger partial charge in [0.05, 0.1) is 17.9 Å². The Balaban J connectivity index is 1.94. The molecule has 0 fully saturated rings. The monoisotopic (exact) mass is 402 g/mol. The average molecular weight is 403 g/mol. The van der Waals surface area contributed by atoms with Gasteiger partial charge >= 0.3 is 0 Å². The minimum Gasteiger partial charge on any atom is -0.412 e. The summed E-state index contributed by atoms with van der Waals surface area (Å²) in [5.74, 6) is 0.574. The first-order valence-electron chi connectivity index (χ1n) is 10.9. The molecule has 2 N–H and O–H groups in total. The fraction of sp³-hybridized carbons (Fsp3) is 0.727. The summed E-state index contributed by atoms with van der Waals surface area (Å²) in [6.45, 7) is 14.7. The maximum Gasteiger partial charge on any atom is 0.192 e. The Bertz CT molecular complexity index is 822. The van der Waals surface area contributed by atoms with Crippen LogP contribution < -0.4 is 5.73 Å². The Morgan fingerprint density at radius 1 is 1.25 bits per heavy atom. The fourth-order valence-electron chi connectivity index (χ4n) is 3.92. The third-order valence-electron chi connectivity index (χ3n) is 6.61. The summed E-state index contributed by atoms with van der Waals surface area (Å²) in [4.78, 5) is 9.29. The van der Waals surface area contributed by atoms with Gasteiger partial charge in [-0.1, -0.05) is 40.5 Å². The van der Waals surface area contributed by atoms with Gasteiger partial charge in [0, 0.05) is 12.2 Å². The van der Waals surface area contributed by atoms with Crippen molar-refractivity contribution in [1.82, 2.24) is 14.5 Å². The van der Waals surface area contributed by atoms with E-state index in [2.05, 4.69) is 55.3 Å². The number of nitrogens with zero attached hydrogens (tertiary/aromatic N) is 3. The number of nitrogen functional groups attached to an aromatic ring is 1. The van der Waals surface area contributed by atoms with Gasteiger partial charge in [0.15, 0.2) is 14.1 Å². The van der Waals surface area contributed by atoms with Gasteiger partial charge in [-0.2, -0.15) is 0 Å². The second-order valence-corrected chi connectivity index (χ2v) is 14.6. The number of imidazole rings is 1. The number of hydrogen-bond donors (Lipinski definition) is 1. The SMILES string of the molecule is CCCCC(Cn1cnc2c(N)nc3c(c21)CCCC3)O[Si](C)(C)C(C)(C)C. The van der Waals surface area contributed by atoms with E-state index >= 15 is 0 Å². The number of rotatable bonds is 7. The Hall–Kier alpha value is -1.40. The fourth-order valence-corrected chi connectivity index (χ4v) is 5.30. The molecule has 2 aromatic heterocycles. The highest BCUT2D eigenvalue weighted by atomic mass is 28.4. The molecule has 3 rings (SSSR count). The van der Waals surface area contributed by atoms with E-state index in [0.717, 1.165) is 31.3 Å². The van der Waals surface area contributed by atoms with Gasteiger partial charge in [0.1, 0.15) is 5.52 Å². The van der Waals surface area contributed by atoms with Crippen LogP contribution in [0.4, 0.5) is 5.82 Å². The van der Waals surface area contributed by atoms with E-state index in [-0.39, 0.29) is 11.1 Å². The van der Waals surface area contributed by atoms with Crippen molar-refractivity contribution in [1.29, 1.82) is 0 Å². The number of aromatic nitrogens is 3. The molecule has 0 radical (unpaired) electrons. The van der Waals surface area contributed by atoms with Crippen molar-refractivity contribution in [3.8, 4) is 0 Å². The van der Waals surface area contributed by atoms with Crippen LogP contribution in [0, 0.1) is 0 Å². The van der Waals surface area contributed by atoms with Crippen molar-refractivity contribution in [2.75, 3.05) is 5.73 Å². The Morgan fingerprint density at radius 2 is 1.96 bits per heavy atom. The normalized spacial score (nSPS) is 16.4. The molecule has 0 aliphatic heterocycles. The molecule has 0 spiro atoms. The minimum absolute atomic E-state index is 0.210. The number of pyridine rings is 1. The number of nitrogens with two attached hydrogens (primary N) is 1. The van der Waals surface area contributed by atoms with Crippen LogP contribution in [0.2, 0.25) is 18.1 Å². The van der Waals surface area contributed by atoms with Crippen LogP contribution in [-0.4, -0.2) is 29.0 Å². The third kappa shape index (κ3) is 4.28. The number of fused-ring (bicyclic) bond motifs is 3. The Morgan fingerprint density at radius 3 is 2.64 bits per heavy atom. The minimum atomic E-state index is -1.83. The van der Waals surface area contributed by atoms with Gasteiger partial charge in [-0.15, -0.1) is 0 Å². The van der Waals surface area contributed by atoms with E-state index in [1.54, 1.807) is 0 Å². The summed E-state index contributed by atoms with van der Waals surface area (Å²) in [5.41, 5.74) is 10.8. The molecule has 156 valence electrons. The van der Waals surface area contributed by atoms with Crippen LogP contribution in [0.1, 0.15) is 71.1 Å². The van der Waals surface area contributed by atoms with Crippen LogP contribution >= 0.6 is 0 Å². The number of aryl methyl sites for hydroxylation is 2. The molecule has 2 aromatic rings. The highest BCUT2D eigenvalue weighted by Crippen LogP contribution is 2.38. The largest absolute Gasteiger partial charge is 0.412 e. The lowest BCUT2D eigenvalue weighted by Crippen LogP contribution is -2.45. The third-order valence-corrected chi connectivity index (χ3v) is 11.1. The molecule has 2 heterocycles. The number of unbranched alkanes of at least 4 members (excludes halogenated alkanes) is 1. The van der Waals surface area contributed by atoms with Crippen molar-refractivity contribution in [3.05, 3.63) is 17.6 Å². The van der Waals surface area contributed by atoms with Crippen molar-refractivity contribution < 1.29 is 4.43 Å². The first-order valence-corrected chi connectivity index (χ1v) is 13.8. The van der Waals surface area contributed by atoms with Crippen molar-refractivity contribution in [2.45, 2.75) is 103 Å². The summed E-state index contributed by atoms with van der Waals surface area (Å²) in [5, 5.41) is 0.210. The topological polar surface area (TPSA) is 66.0 Å². The van der Waals surface area contributed by atoms with Gasteiger partial charge in [-0.05, 0) is 55.8 Å². The lowest BCUT2D eigenvalue weighted by atomic mass is 9.95. The van der Waals surface area contributed by atoms with Crippen LogP contribution in [0.15, 0.2) is 6.33 Å². The Labute approximate surface area is 171 Å². The molecule has 0 saturated heterocycles. The van der Waals surface area contributed by atoms with E-state index in [1.807, 2.05) is 6.33 Å². The molecule has 6 heteroatoms. The molecule has 1 unspecified atom stereocenters. The number of anilines is 1. The average Bonchev–Trinajstić information content (AvgIpc) is 3.03. The van der Waals surface area contributed by atoms with Crippen molar-refractivity contribution in [2.24, 2.45) is 0 Å². The predicted octanol–water partition coefficient (Wildman–Crippen LogP) is 5.47. The van der Waals surface area contributed by atoms with E-state index in [9.17, 15) is 0 Å². The van der Waals surface area contributed by atoms with Crippen LogP contribution in [0.5, 0.6) is 0 Å². The first-order chi connectivity index (χ1) is 13.1. The highest BCUT2D eigenvalue weighted by Gasteiger charge is 2.39. The molecule has 5 nitrogen and oxygen atoms in total. The van der Waals surface area contributed by atoms with Crippen molar-refractivity contribution in [3.63, 3.8) is 0 Å². The Kier molecular flexibility index (Phi) is 6.20. The number of hydrogen-bond acceptors (Lipinski definition) is 4. The summed E-state index contributed by atoms with van der Waals surface area (Å²) >= 11 is 0. The van der Waals surface area contributed by atoms with E-state index in [0.29, 0.717) is 5.82 Å². The summed E-state index contributed by atoms with van der Waals surface area (Å²) in [6.07, 6.45) is 10.2. The molecular formula is C22H38N4OSi. The van der Waals surface area contributed by atoms with E-state index in [1.165, 1.54) is 42.5 Å². The summed E-state index contributed by atoms with van der Waals surface area (Å²) < 4.78 is 9.14. The van der Waals surface area contributed by atoms with Gasteiger partial charge in [0.2, 0.25) is 0 Å². The van der Waals surface area contributed by atoms with Gasteiger partial charge in [-0.3, -0.25) is 0 Å². The predicted molar refractivity (Wildman–Crippen MR) is 120 cm³/mol. The van der Waals surface area contributed by atoms with E-state index < -0.39 is 8.32 Å². The molecular weight excluding hydrogens is 364 g/mol. The second-order valence-electron chi connectivity index (χ2n) is 9.87. The summed E-state index contributed by atoms with van der Waals surface area (Å²) in [6, 6.07) is 0. The zero-order valence-corrected chi connectivity index (χ0v) is 19.6. The van der Waals surface area contributed by atoms with Gasteiger partial charge in [-0.25, -0.2) is 9.97 Å². The molecule has 0 saturated carbocycles. The van der Waals surface area contributed by atoms with Crippen LogP contribution in [0.3, 0.4) is 0 Å². The molecule has 0 bridgehead atoms. The van der Waals surface area contributed by atoms with Crippen molar-refractivity contribution >= 4 is 25.2 Å². The standard InChI is InChI=1S/C22H38N4OSi/c1-7-8-11-16(27-28(5,6)22(2,3)4)14-26-15-24-19-20(26)17-12-9-10-13-18(17)25-21(19)23/h15-16H,7-14H2,1-6H3,(H2,23,25). The summed E-state index contributed by atoms with van der Waals surface area (Å²) in [7, 11) is -1.83. The molecule has 0 aromatic carbocycles. The van der Waals surface area contributed by atoms with Crippen LogP contribution in [-0.2, 0) is 23.8 Å². The molecule has 0 amide bonds. The molecule has 1 atom stereocenters.